The fraction of sp³-hybridized carbons (Fsp3) is 0.386. The molecule has 23 heteroatoms. The van der Waals surface area contributed by atoms with E-state index in [0.29, 0.717) is 0 Å². The molecule has 6 atom stereocenters. The number of amides is 5. The van der Waals surface area contributed by atoms with Crippen LogP contribution in [0.2, 0.25) is 0 Å². The molecule has 7 rings (SSSR count). The van der Waals surface area contributed by atoms with Gasteiger partial charge in [0.15, 0.2) is 0 Å². The highest BCUT2D eigenvalue weighted by Crippen LogP contribution is 2.26. The average molecular weight is 931 g/mol. The van der Waals surface area contributed by atoms with Gasteiger partial charge in [0.2, 0.25) is 0 Å². The summed E-state index contributed by atoms with van der Waals surface area (Å²) in [7, 11) is 0. The predicted molar refractivity (Wildman–Crippen MR) is 238 cm³/mol. The zero-order valence-electron chi connectivity index (χ0n) is 37.6. The second-order valence-electron chi connectivity index (χ2n) is 16.4. The topological polar surface area (TPSA) is 309 Å². The Balaban J connectivity index is 1.54. The Bertz CT molecular complexity index is 2830. The summed E-state index contributed by atoms with van der Waals surface area (Å²) in [6.45, 7) is 13.9. The maximum atomic E-state index is 14.4. The maximum Gasteiger partial charge on any atom is 0.296 e. The molecule has 3 aliphatic heterocycles. The lowest BCUT2D eigenvalue weighted by Gasteiger charge is -2.42. The number of carbonyl (C=O) groups is 5. The van der Waals surface area contributed by atoms with Gasteiger partial charge in [-0.05, 0) is 101 Å². The molecule has 4 aromatic heterocycles. The molecule has 3 aliphatic rings. The molecule has 0 saturated carbocycles. The highest BCUT2D eigenvalue weighted by atomic mass is 16.5. The van der Waals surface area contributed by atoms with Crippen molar-refractivity contribution in [3.8, 4) is 0 Å². The molecule has 0 radical (unpaired) electrons. The summed E-state index contributed by atoms with van der Waals surface area (Å²) in [5.41, 5.74) is -6.88. The van der Waals surface area contributed by atoms with E-state index in [-0.39, 0.29) is 73.9 Å². The Labute approximate surface area is 382 Å². The second-order valence-corrected chi connectivity index (χ2v) is 16.4. The fourth-order valence-corrected chi connectivity index (χ4v) is 7.60. The smallest absolute Gasteiger partial charge is 0.296 e. The first-order valence-corrected chi connectivity index (χ1v) is 21.3. The van der Waals surface area contributed by atoms with Gasteiger partial charge in [0.05, 0.1) is 11.9 Å². The number of hydrogen-bond donors (Lipinski definition) is 8. The van der Waals surface area contributed by atoms with Gasteiger partial charge in [0, 0.05) is 50.2 Å². The molecule has 0 aromatic carbocycles. The number of carbonyl (C=O) groups excluding carboxylic acids is 5. The Hall–Kier alpha value is -8.11. The molecule has 7 heterocycles. The summed E-state index contributed by atoms with van der Waals surface area (Å²) in [4.78, 5) is 123. The van der Waals surface area contributed by atoms with Crippen LogP contribution in [0, 0.1) is 11.8 Å². The van der Waals surface area contributed by atoms with Crippen LogP contribution < -0.4 is 43.5 Å². The van der Waals surface area contributed by atoms with Gasteiger partial charge in [-0.3, -0.25) is 43.2 Å². The van der Waals surface area contributed by atoms with Gasteiger partial charge in [-0.2, -0.15) is 9.46 Å². The van der Waals surface area contributed by atoms with Crippen LogP contribution in [0.5, 0.6) is 0 Å². The Morgan fingerprint density at radius 1 is 0.612 bits per heavy atom. The predicted octanol–water partition coefficient (Wildman–Crippen LogP) is 0.595. The lowest BCUT2D eigenvalue weighted by atomic mass is 9.89. The minimum Gasteiger partial charge on any atom is -0.425 e. The van der Waals surface area contributed by atoms with Crippen molar-refractivity contribution in [3.05, 3.63) is 143 Å². The molecule has 5 amide bonds. The molecular formula is C44H54N10O13. The molecule has 0 saturated heterocycles. The number of fused-ring (bicyclic) bond motifs is 2. The largest absolute Gasteiger partial charge is 0.425 e. The van der Waals surface area contributed by atoms with Crippen molar-refractivity contribution < 1.29 is 44.8 Å². The summed E-state index contributed by atoms with van der Waals surface area (Å²) in [5.74, 6) is -5.57. The monoisotopic (exact) mass is 930 g/mol. The SMILES string of the molecule is C=C1NCCCN(C(=O)c2cccn(O)c2=O)CCC(C)C(C)N(C(=O)c2cccn(O)c2=O)C(C)C(C)C(C)NC(=O)c2ccc(c(=O)n2O)C(=O)NC(C)NC(=O)c2ccc1n(O)c2=O. The Morgan fingerprint density at radius 3 is 1.67 bits per heavy atom. The van der Waals surface area contributed by atoms with E-state index in [9.17, 15) is 64.0 Å². The third-order valence-corrected chi connectivity index (χ3v) is 12.1. The van der Waals surface area contributed by atoms with Crippen LogP contribution in [0.1, 0.15) is 112 Å². The third kappa shape index (κ3) is 10.7. The maximum absolute atomic E-state index is 14.4. The zero-order chi connectivity index (χ0) is 49.6. The van der Waals surface area contributed by atoms with Crippen molar-refractivity contribution in [3.63, 3.8) is 0 Å². The standard InChI is InChI=1S/C44H54N10O13/c1-23-17-22-49(39(58)32-11-8-20-50(64)40(32)59)19-10-18-45-26(4)34-15-13-30(43(62)53(34)66)36(55)47-29(7)48-37(56)31-14-16-35(54(67)44(31)63)38(57)46-25(3)24(2)28(6)52(27(23)5)42(61)33-12-9-21-51(65)41(33)60/h8-9,11-16,20-21,23-25,27-29,45,64-67H,4,10,17-19,22H2,1-3,5-7H3,(H,46,57)(H,47,55)(H,48,56). The number of nitrogens with zero attached hydrogens (tertiary/aromatic N) is 6. The second kappa shape index (κ2) is 20.8. The van der Waals surface area contributed by atoms with Gasteiger partial charge in [0.1, 0.15) is 33.6 Å². The Kier molecular flexibility index (Phi) is 15.5. The highest BCUT2D eigenvalue weighted by molar-refractivity contribution is 5.98. The van der Waals surface area contributed by atoms with Crippen molar-refractivity contribution in [1.29, 1.82) is 0 Å². The molecular weight excluding hydrogens is 877 g/mol. The van der Waals surface area contributed by atoms with Crippen LogP contribution in [0.4, 0.5) is 0 Å². The first-order chi connectivity index (χ1) is 31.6. The van der Waals surface area contributed by atoms with Crippen molar-refractivity contribution in [2.75, 3.05) is 19.6 Å². The van der Waals surface area contributed by atoms with Crippen LogP contribution in [-0.4, -0.2) is 123 Å². The van der Waals surface area contributed by atoms with Crippen molar-refractivity contribution in [1.82, 2.24) is 50.0 Å². The normalized spacial score (nSPS) is 21.8. The number of nitrogens with one attached hydrogen (secondary N) is 4. The van der Waals surface area contributed by atoms with Gasteiger partial charge < -0.3 is 51.9 Å². The van der Waals surface area contributed by atoms with Crippen LogP contribution >= 0.6 is 0 Å². The highest BCUT2D eigenvalue weighted by Gasteiger charge is 2.36. The van der Waals surface area contributed by atoms with Gasteiger partial charge >= 0.3 is 0 Å². The molecule has 4 bridgehead atoms. The number of aromatic nitrogens is 4. The van der Waals surface area contributed by atoms with Crippen LogP contribution in [-0.2, 0) is 0 Å². The van der Waals surface area contributed by atoms with Gasteiger partial charge in [0.25, 0.3) is 51.8 Å². The minimum absolute atomic E-state index is 0.0132. The van der Waals surface area contributed by atoms with E-state index in [1.807, 2.05) is 0 Å². The molecule has 0 fully saturated rings. The lowest BCUT2D eigenvalue weighted by Crippen LogP contribution is -2.55. The van der Waals surface area contributed by atoms with E-state index < -0.39 is 105 Å². The van der Waals surface area contributed by atoms with Crippen LogP contribution in [0.15, 0.2) is 86.7 Å². The number of rotatable bonds is 2. The molecule has 8 N–H and O–H groups in total. The molecule has 23 nitrogen and oxygen atoms in total. The quantitative estimate of drug-likeness (QED) is 0.128. The van der Waals surface area contributed by atoms with Gasteiger partial charge in [-0.15, -0.1) is 9.46 Å². The van der Waals surface area contributed by atoms with Crippen molar-refractivity contribution in [2.24, 2.45) is 11.8 Å². The number of pyridine rings is 4. The average Bonchev–Trinajstić information content (AvgIpc) is 3.28. The van der Waals surface area contributed by atoms with E-state index in [0.717, 1.165) is 30.6 Å². The summed E-state index contributed by atoms with van der Waals surface area (Å²) < 4.78 is 0.703. The molecule has 6 unspecified atom stereocenters. The molecule has 0 aliphatic carbocycles. The third-order valence-electron chi connectivity index (χ3n) is 12.1. The van der Waals surface area contributed by atoms with Crippen molar-refractivity contribution >= 4 is 35.2 Å². The van der Waals surface area contributed by atoms with E-state index >= 15 is 0 Å². The van der Waals surface area contributed by atoms with E-state index in [2.05, 4.69) is 27.8 Å². The Morgan fingerprint density at radius 2 is 1.12 bits per heavy atom. The fourth-order valence-electron chi connectivity index (χ4n) is 7.60. The first kappa shape index (κ1) is 49.9. The molecule has 0 spiro atoms. The summed E-state index contributed by atoms with van der Waals surface area (Å²) in [5, 5.41) is 52.2. The molecule has 67 heavy (non-hydrogen) atoms. The minimum atomic E-state index is -1.29. The summed E-state index contributed by atoms with van der Waals surface area (Å²) >= 11 is 0. The zero-order valence-corrected chi connectivity index (χ0v) is 37.6. The van der Waals surface area contributed by atoms with Gasteiger partial charge in [-0.25, -0.2) is 0 Å². The number of hydrogen-bond acceptors (Lipinski definition) is 14. The van der Waals surface area contributed by atoms with Crippen molar-refractivity contribution in [2.45, 2.75) is 78.7 Å². The molecule has 4 aromatic rings. The van der Waals surface area contributed by atoms with E-state index in [1.165, 1.54) is 47.1 Å². The van der Waals surface area contributed by atoms with E-state index in [4.69, 9.17) is 0 Å². The van der Waals surface area contributed by atoms with Crippen LogP contribution in [0.25, 0.3) is 5.70 Å². The first-order valence-electron chi connectivity index (χ1n) is 21.3. The van der Waals surface area contributed by atoms with Gasteiger partial charge in [-0.1, -0.05) is 20.4 Å². The lowest BCUT2D eigenvalue weighted by molar-refractivity contribution is 0.0396. The molecule has 358 valence electrons. The van der Waals surface area contributed by atoms with Crippen LogP contribution in [0.3, 0.4) is 0 Å². The summed E-state index contributed by atoms with van der Waals surface area (Å²) in [6, 6.07) is 7.21. The van der Waals surface area contributed by atoms with E-state index in [1.54, 1.807) is 34.6 Å². The summed E-state index contributed by atoms with van der Waals surface area (Å²) in [6.07, 6.45) is 1.33.